The SMILES string of the molecule is CC(=O)N(C)Cc1cccc(NC2CCCC(C)CC2)c1. The van der Waals surface area contributed by atoms with Crippen molar-refractivity contribution in [2.45, 2.75) is 58.5 Å². The number of nitrogens with one attached hydrogen (secondary N) is 1. The van der Waals surface area contributed by atoms with Gasteiger partial charge in [-0.15, -0.1) is 0 Å². The summed E-state index contributed by atoms with van der Waals surface area (Å²) in [7, 11) is 1.84. The summed E-state index contributed by atoms with van der Waals surface area (Å²) in [5.74, 6) is 0.971. The molecule has 1 fully saturated rings. The molecule has 0 radical (unpaired) electrons. The molecule has 0 aliphatic heterocycles. The minimum Gasteiger partial charge on any atom is -0.382 e. The highest BCUT2D eigenvalue weighted by Gasteiger charge is 2.16. The lowest BCUT2D eigenvalue weighted by Crippen LogP contribution is -2.23. The number of carbonyl (C=O) groups is 1. The Morgan fingerprint density at radius 2 is 2.10 bits per heavy atom. The summed E-state index contributed by atoms with van der Waals surface area (Å²) in [4.78, 5) is 13.1. The van der Waals surface area contributed by atoms with Crippen LogP contribution in [0.5, 0.6) is 0 Å². The first-order chi connectivity index (χ1) is 10.0. The topological polar surface area (TPSA) is 32.3 Å². The minimum atomic E-state index is 0.103. The molecule has 1 amide bonds. The summed E-state index contributed by atoms with van der Waals surface area (Å²) in [6.07, 6.45) is 6.54. The monoisotopic (exact) mass is 288 g/mol. The number of hydrogen-bond acceptors (Lipinski definition) is 2. The van der Waals surface area contributed by atoms with E-state index in [0.29, 0.717) is 12.6 Å². The number of hydrogen-bond donors (Lipinski definition) is 1. The highest BCUT2D eigenvalue weighted by atomic mass is 16.2. The van der Waals surface area contributed by atoms with Crippen LogP contribution < -0.4 is 5.32 Å². The van der Waals surface area contributed by atoms with Gasteiger partial charge in [0.2, 0.25) is 5.91 Å². The molecule has 116 valence electrons. The Hall–Kier alpha value is -1.51. The van der Waals surface area contributed by atoms with Crippen LogP contribution in [-0.4, -0.2) is 23.9 Å². The highest BCUT2D eigenvalue weighted by Crippen LogP contribution is 2.25. The number of carbonyl (C=O) groups excluding carboxylic acids is 1. The second-order valence-electron chi connectivity index (χ2n) is 6.53. The summed E-state index contributed by atoms with van der Waals surface area (Å²) in [5, 5.41) is 3.68. The number of nitrogens with zero attached hydrogens (tertiary/aromatic N) is 1. The van der Waals surface area contributed by atoms with E-state index in [1.54, 1.807) is 11.8 Å². The van der Waals surface area contributed by atoms with Gasteiger partial charge < -0.3 is 10.2 Å². The van der Waals surface area contributed by atoms with Gasteiger partial charge in [-0.05, 0) is 42.9 Å². The van der Waals surface area contributed by atoms with E-state index in [2.05, 4.69) is 36.5 Å². The highest BCUT2D eigenvalue weighted by molar-refractivity contribution is 5.72. The van der Waals surface area contributed by atoms with Gasteiger partial charge >= 0.3 is 0 Å². The molecule has 1 aliphatic rings. The lowest BCUT2D eigenvalue weighted by atomic mass is 10.0. The second kappa shape index (κ2) is 7.48. The third kappa shape index (κ3) is 5.07. The molecule has 0 spiro atoms. The molecule has 1 N–H and O–H groups in total. The fourth-order valence-corrected chi connectivity index (χ4v) is 3.01. The minimum absolute atomic E-state index is 0.103. The molecule has 0 saturated heterocycles. The zero-order valence-corrected chi connectivity index (χ0v) is 13.6. The van der Waals surface area contributed by atoms with Crippen LogP contribution >= 0.6 is 0 Å². The lowest BCUT2D eigenvalue weighted by Gasteiger charge is -2.19. The van der Waals surface area contributed by atoms with Crippen LogP contribution in [0.2, 0.25) is 0 Å². The van der Waals surface area contributed by atoms with Gasteiger partial charge in [-0.1, -0.05) is 31.9 Å². The fraction of sp³-hybridized carbons (Fsp3) is 0.611. The molecule has 1 aromatic carbocycles. The maximum Gasteiger partial charge on any atom is 0.219 e. The zero-order chi connectivity index (χ0) is 15.2. The van der Waals surface area contributed by atoms with Crippen molar-refractivity contribution in [2.75, 3.05) is 12.4 Å². The van der Waals surface area contributed by atoms with Crippen LogP contribution in [0.4, 0.5) is 5.69 Å². The molecular weight excluding hydrogens is 260 g/mol. The van der Waals surface area contributed by atoms with Crippen molar-refractivity contribution in [3.05, 3.63) is 29.8 Å². The van der Waals surface area contributed by atoms with Gasteiger partial charge in [0.25, 0.3) is 0 Å². The van der Waals surface area contributed by atoms with E-state index in [1.807, 2.05) is 7.05 Å². The van der Waals surface area contributed by atoms with Crippen LogP contribution in [0.3, 0.4) is 0 Å². The predicted molar refractivity (Wildman–Crippen MR) is 88.2 cm³/mol. The van der Waals surface area contributed by atoms with E-state index in [1.165, 1.54) is 43.4 Å². The van der Waals surface area contributed by atoms with Gasteiger partial charge in [-0.25, -0.2) is 0 Å². The molecule has 3 heteroatoms. The first kappa shape index (κ1) is 15.9. The van der Waals surface area contributed by atoms with Crippen molar-refractivity contribution in [1.29, 1.82) is 0 Å². The first-order valence-electron chi connectivity index (χ1n) is 8.12. The number of anilines is 1. The maximum absolute atomic E-state index is 11.3. The average molecular weight is 288 g/mol. The Morgan fingerprint density at radius 3 is 2.86 bits per heavy atom. The Labute approximate surface area is 128 Å². The van der Waals surface area contributed by atoms with Gasteiger partial charge in [-0.2, -0.15) is 0 Å². The maximum atomic E-state index is 11.3. The van der Waals surface area contributed by atoms with E-state index in [9.17, 15) is 4.79 Å². The Bertz CT molecular complexity index is 472. The van der Waals surface area contributed by atoms with Gasteiger partial charge in [0.05, 0.1) is 0 Å². The fourth-order valence-electron chi connectivity index (χ4n) is 3.01. The summed E-state index contributed by atoms with van der Waals surface area (Å²) in [6, 6.07) is 9.06. The Kier molecular flexibility index (Phi) is 5.66. The molecule has 0 bridgehead atoms. The molecule has 21 heavy (non-hydrogen) atoms. The molecule has 2 atom stereocenters. The quantitative estimate of drug-likeness (QED) is 0.848. The summed E-state index contributed by atoms with van der Waals surface area (Å²) >= 11 is 0. The van der Waals surface area contributed by atoms with Crippen molar-refractivity contribution >= 4 is 11.6 Å². The van der Waals surface area contributed by atoms with Crippen LogP contribution in [0.25, 0.3) is 0 Å². The molecule has 0 heterocycles. The summed E-state index contributed by atoms with van der Waals surface area (Å²) < 4.78 is 0. The van der Waals surface area contributed by atoms with E-state index in [-0.39, 0.29) is 5.91 Å². The van der Waals surface area contributed by atoms with E-state index in [0.717, 1.165) is 5.92 Å². The van der Waals surface area contributed by atoms with Crippen molar-refractivity contribution in [3.63, 3.8) is 0 Å². The first-order valence-corrected chi connectivity index (χ1v) is 8.12. The van der Waals surface area contributed by atoms with E-state index in [4.69, 9.17) is 0 Å². The molecule has 1 aromatic rings. The van der Waals surface area contributed by atoms with E-state index < -0.39 is 0 Å². The Morgan fingerprint density at radius 1 is 1.29 bits per heavy atom. The molecular formula is C18H28N2O. The smallest absolute Gasteiger partial charge is 0.219 e. The van der Waals surface area contributed by atoms with Crippen molar-refractivity contribution in [2.24, 2.45) is 5.92 Å². The number of benzene rings is 1. The zero-order valence-electron chi connectivity index (χ0n) is 13.6. The number of rotatable bonds is 4. The predicted octanol–water partition coefficient (Wildman–Crippen LogP) is 4.05. The van der Waals surface area contributed by atoms with Crippen molar-refractivity contribution in [3.8, 4) is 0 Å². The average Bonchev–Trinajstić information content (AvgIpc) is 2.64. The largest absolute Gasteiger partial charge is 0.382 e. The molecule has 2 rings (SSSR count). The van der Waals surface area contributed by atoms with Crippen LogP contribution in [-0.2, 0) is 11.3 Å². The van der Waals surface area contributed by atoms with Gasteiger partial charge in [0.15, 0.2) is 0 Å². The van der Waals surface area contributed by atoms with Crippen molar-refractivity contribution in [1.82, 2.24) is 4.90 Å². The molecule has 3 nitrogen and oxygen atoms in total. The van der Waals surface area contributed by atoms with Crippen LogP contribution in [0.15, 0.2) is 24.3 Å². The van der Waals surface area contributed by atoms with Crippen LogP contribution in [0, 0.1) is 5.92 Å². The third-order valence-electron chi connectivity index (χ3n) is 4.51. The van der Waals surface area contributed by atoms with E-state index >= 15 is 0 Å². The standard InChI is InChI=1S/C18H28N2O/c1-14-6-4-8-17(11-10-14)19-18-9-5-7-16(12-18)13-20(3)15(2)21/h5,7,9,12,14,17,19H,4,6,8,10-11,13H2,1-3H3. The van der Waals surface area contributed by atoms with Crippen molar-refractivity contribution < 1.29 is 4.79 Å². The third-order valence-corrected chi connectivity index (χ3v) is 4.51. The molecule has 0 aromatic heterocycles. The van der Waals surface area contributed by atoms with Gasteiger partial charge in [0.1, 0.15) is 0 Å². The van der Waals surface area contributed by atoms with Gasteiger partial charge in [-0.3, -0.25) is 4.79 Å². The summed E-state index contributed by atoms with van der Waals surface area (Å²) in [5.41, 5.74) is 2.36. The molecule has 1 aliphatic carbocycles. The normalized spacial score (nSPS) is 22.4. The molecule has 1 saturated carbocycles. The van der Waals surface area contributed by atoms with Crippen LogP contribution in [0.1, 0.15) is 51.5 Å². The lowest BCUT2D eigenvalue weighted by molar-refractivity contribution is -0.128. The number of amides is 1. The second-order valence-corrected chi connectivity index (χ2v) is 6.53. The van der Waals surface area contributed by atoms with Gasteiger partial charge in [0, 0.05) is 32.2 Å². The summed E-state index contributed by atoms with van der Waals surface area (Å²) in [6.45, 7) is 4.64. The molecule has 2 unspecified atom stereocenters. The Balaban J connectivity index is 1.95.